The highest BCUT2D eigenvalue weighted by atomic mass is 35.5. The fourth-order valence-corrected chi connectivity index (χ4v) is 6.98. The molecule has 0 saturated carbocycles. The molecule has 5 aromatic rings. The summed E-state index contributed by atoms with van der Waals surface area (Å²) in [6.07, 6.45) is 7.61. The third kappa shape index (κ3) is 7.47. The molecular formula is C35H39Cl2N7O2S. The van der Waals surface area contributed by atoms with Crippen molar-refractivity contribution in [3.63, 3.8) is 0 Å². The van der Waals surface area contributed by atoms with Crippen LogP contribution in [0.3, 0.4) is 0 Å². The lowest BCUT2D eigenvalue weighted by Gasteiger charge is -2.23. The van der Waals surface area contributed by atoms with Crippen molar-refractivity contribution in [3.8, 4) is 0 Å². The molecule has 4 aromatic carbocycles. The molecule has 2 heterocycles. The van der Waals surface area contributed by atoms with Gasteiger partial charge in [-0.25, -0.2) is 18.1 Å². The Morgan fingerprint density at radius 2 is 1.70 bits per heavy atom. The van der Waals surface area contributed by atoms with Crippen molar-refractivity contribution in [2.75, 3.05) is 37.0 Å². The largest absolute Gasteiger partial charge is 0.384 e. The van der Waals surface area contributed by atoms with Crippen LogP contribution in [0.25, 0.3) is 21.8 Å². The number of aryl methyl sites for hydroxylation is 3. The maximum absolute atomic E-state index is 13.4. The fourth-order valence-electron chi connectivity index (χ4n) is 5.75. The number of aromatic nitrogens is 2. The number of halogens is 2. The minimum absolute atomic E-state index is 0. The third-order valence-corrected chi connectivity index (χ3v) is 9.77. The fraction of sp³-hybridized carbons (Fsp3) is 0.200. The van der Waals surface area contributed by atoms with Crippen LogP contribution in [-0.2, 0) is 29.9 Å². The predicted octanol–water partition coefficient (Wildman–Crippen LogP) is 5.94. The second-order valence-corrected chi connectivity index (χ2v) is 13.2. The van der Waals surface area contributed by atoms with E-state index >= 15 is 0 Å². The van der Waals surface area contributed by atoms with Gasteiger partial charge in [-0.3, -0.25) is 5.41 Å². The van der Waals surface area contributed by atoms with Crippen LogP contribution in [-0.4, -0.2) is 51.0 Å². The highest BCUT2D eigenvalue weighted by molar-refractivity contribution is 7.89. The number of imidazole rings is 1. The van der Waals surface area contributed by atoms with Crippen molar-refractivity contribution in [2.24, 2.45) is 12.8 Å². The summed E-state index contributed by atoms with van der Waals surface area (Å²) < 4.78 is 31.7. The van der Waals surface area contributed by atoms with Gasteiger partial charge in [0.2, 0.25) is 10.0 Å². The average Bonchev–Trinajstić information content (AvgIpc) is 3.36. The van der Waals surface area contributed by atoms with Gasteiger partial charge in [0.05, 0.1) is 15.9 Å². The lowest BCUT2D eigenvalue weighted by atomic mass is 10.1. The van der Waals surface area contributed by atoms with E-state index in [9.17, 15) is 8.42 Å². The smallest absolute Gasteiger partial charge is 0.241 e. The molecule has 1 aliphatic heterocycles. The minimum Gasteiger partial charge on any atom is -0.384 e. The Balaban J connectivity index is 0.00000250. The summed E-state index contributed by atoms with van der Waals surface area (Å²) in [6.45, 7) is 0.825. The van der Waals surface area contributed by atoms with Crippen LogP contribution >= 0.6 is 24.8 Å². The van der Waals surface area contributed by atoms with Crippen molar-refractivity contribution in [1.29, 1.82) is 5.41 Å². The van der Waals surface area contributed by atoms with Crippen LogP contribution in [0.4, 0.5) is 11.4 Å². The molecule has 0 aliphatic carbocycles. The van der Waals surface area contributed by atoms with E-state index in [1.54, 1.807) is 12.1 Å². The molecule has 0 atom stereocenters. The van der Waals surface area contributed by atoms with E-state index in [-0.39, 0.29) is 42.1 Å². The van der Waals surface area contributed by atoms with Crippen molar-refractivity contribution in [1.82, 2.24) is 14.3 Å². The van der Waals surface area contributed by atoms with Crippen molar-refractivity contribution < 1.29 is 8.42 Å². The topological polar surface area (TPSA) is 120 Å². The normalized spacial score (nSPS) is 12.8. The lowest BCUT2D eigenvalue weighted by molar-refractivity contribution is 0.586. The highest BCUT2D eigenvalue weighted by Crippen LogP contribution is 2.30. The summed E-state index contributed by atoms with van der Waals surface area (Å²) in [5.74, 6) is 1.08. The Hall–Kier alpha value is -4.35. The summed E-state index contributed by atoms with van der Waals surface area (Å²) in [7, 11) is 2.21. The summed E-state index contributed by atoms with van der Waals surface area (Å²) in [4.78, 5) is 9.31. The molecule has 0 radical (unpaired) electrons. The van der Waals surface area contributed by atoms with E-state index in [0.29, 0.717) is 11.9 Å². The zero-order valence-corrected chi connectivity index (χ0v) is 28.9. The number of sulfonamides is 1. The van der Waals surface area contributed by atoms with Crippen molar-refractivity contribution in [2.45, 2.75) is 17.7 Å². The van der Waals surface area contributed by atoms with Crippen molar-refractivity contribution >= 4 is 73.9 Å². The molecule has 4 N–H and O–H groups in total. The Morgan fingerprint density at radius 3 is 2.38 bits per heavy atom. The van der Waals surface area contributed by atoms with E-state index in [4.69, 9.17) is 16.1 Å². The minimum atomic E-state index is -3.73. The predicted molar refractivity (Wildman–Crippen MR) is 198 cm³/mol. The van der Waals surface area contributed by atoms with Gasteiger partial charge in [0.15, 0.2) is 0 Å². The van der Waals surface area contributed by atoms with Crippen molar-refractivity contribution in [3.05, 3.63) is 120 Å². The number of nitrogens with zero attached hydrogens (tertiary/aromatic N) is 4. The summed E-state index contributed by atoms with van der Waals surface area (Å²) in [5.41, 5.74) is 12.4. The van der Waals surface area contributed by atoms with Gasteiger partial charge >= 0.3 is 0 Å². The van der Waals surface area contributed by atoms with Gasteiger partial charge in [-0.1, -0.05) is 54.6 Å². The second-order valence-electron chi connectivity index (χ2n) is 11.5. The number of nitrogens with one attached hydrogen (secondary N) is 2. The van der Waals surface area contributed by atoms with Crippen LogP contribution in [0.15, 0.2) is 108 Å². The number of hydrogen-bond donors (Lipinski definition) is 3. The first-order valence-corrected chi connectivity index (χ1v) is 16.3. The SMILES string of the molecule is CN(C)c1cccc2c(S(=O)(=O)NCC3=CCN(c4ccc5c(c4)nc(CCc4ccc(C(=N)N)cc4)n5C)C=C3)cccc12.Cl.Cl. The molecule has 12 heteroatoms. The number of benzene rings is 4. The van der Waals surface area contributed by atoms with Gasteiger partial charge in [-0.05, 0) is 54.0 Å². The summed E-state index contributed by atoms with van der Waals surface area (Å²) >= 11 is 0. The molecule has 1 aliphatic rings. The van der Waals surface area contributed by atoms with Crippen LogP contribution in [0.1, 0.15) is 17.0 Å². The number of fused-ring (bicyclic) bond motifs is 2. The molecule has 47 heavy (non-hydrogen) atoms. The van der Waals surface area contributed by atoms with Crippen LogP contribution in [0, 0.1) is 5.41 Å². The molecule has 0 unspecified atom stereocenters. The van der Waals surface area contributed by atoms with E-state index in [1.807, 2.05) is 92.9 Å². The Bertz CT molecular complexity index is 2090. The number of anilines is 2. The third-order valence-electron chi connectivity index (χ3n) is 8.31. The van der Waals surface area contributed by atoms with E-state index in [0.717, 1.165) is 57.6 Å². The zero-order valence-electron chi connectivity index (χ0n) is 26.5. The number of hydrogen-bond acceptors (Lipinski definition) is 6. The van der Waals surface area contributed by atoms with Gasteiger partial charge in [-0.15, -0.1) is 24.8 Å². The van der Waals surface area contributed by atoms with Gasteiger partial charge in [0.25, 0.3) is 0 Å². The zero-order chi connectivity index (χ0) is 31.7. The molecule has 0 spiro atoms. The van der Waals surface area contributed by atoms with Gasteiger partial charge in [0.1, 0.15) is 11.7 Å². The summed E-state index contributed by atoms with van der Waals surface area (Å²) in [5, 5.41) is 9.17. The van der Waals surface area contributed by atoms with E-state index < -0.39 is 10.0 Å². The molecule has 0 amide bonds. The Morgan fingerprint density at radius 1 is 0.979 bits per heavy atom. The molecule has 0 bridgehead atoms. The standard InChI is InChI=1S/C35H37N7O2S.2ClH/c1-40(2)31-8-4-7-29-28(31)6-5-9-33(29)45(43,44)38-23-25-18-20-42(21-19-25)27-15-16-32-30(22-27)39-34(41(32)3)17-12-24-10-13-26(14-11-24)35(36)37;;/h4-11,13-16,18-20,22,38H,12,17,21,23H2,1-3H3,(H3,36,37);2*1H. The van der Waals surface area contributed by atoms with Crippen LogP contribution < -0.4 is 20.3 Å². The monoisotopic (exact) mass is 691 g/mol. The van der Waals surface area contributed by atoms with Gasteiger partial charge in [-0.2, -0.15) is 0 Å². The highest BCUT2D eigenvalue weighted by Gasteiger charge is 2.19. The first kappa shape index (κ1) is 35.5. The first-order chi connectivity index (χ1) is 21.6. The average molecular weight is 693 g/mol. The van der Waals surface area contributed by atoms with Crippen LogP contribution in [0.2, 0.25) is 0 Å². The maximum Gasteiger partial charge on any atom is 0.241 e. The molecule has 0 saturated heterocycles. The maximum atomic E-state index is 13.4. The molecule has 1 aromatic heterocycles. The molecule has 6 rings (SSSR count). The molecule has 9 nitrogen and oxygen atoms in total. The lowest BCUT2D eigenvalue weighted by Crippen LogP contribution is -2.28. The van der Waals surface area contributed by atoms with Gasteiger partial charge < -0.3 is 20.1 Å². The number of nitrogens with two attached hydrogens (primary N) is 1. The van der Waals surface area contributed by atoms with E-state index in [1.165, 1.54) is 5.56 Å². The van der Waals surface area contributed by atoms with E-state index in [2.05, 4.69) is 32.4 Å². The molecule has 246 valence electrons. The van der Waals surface area contributed by atoms with Crippen LogP contribution in [0.5, 0.6) is 0 Å². The quantitative estimate of drug-likeness (QED) is 0.123. The number of nitrogen functional groups attached to an aromatic ring is 1. The Kier molecular flexibility index (Phi) is 11.0. The van der Waals surface area contributed by atoms with Gasteiger partial charge in [0, 0.05) is 74.6 Å². The number of rotatable bonds is 10. The summed E-state index contributed by atoms with van der Waals surface area (Å²) in [6, 6.07) is 25.2. The Labute approximate surface area is 288 Å². The second kappa shape index (κ2) is 14.6. The first-order valence-electron chi connectivity index (χ1n) is 14.8. The molecule has 0 fully saturated rings. The number of amidine groups is 1. The molecular weight excluding hydrogens is 653 g/mol.